The van der Waals surface area contributed by atoms with Gasteiger partial charge < -0.3 is 9.84 Å². The van der Waals surface area contributed by atoms with Crippen LogP contribution in [0, 0.1) is 0 Å². The Morgan fingerprint density at radius 3 is 3.07 bits per heavy atom. The summed E-state index contributed by atoms with van der Waals surface area (Å²) >= 11 is 0. The van der Waals surface area contributed by atoms with Crippen LogP contribution < -0.4 is 4.74 Å². The summed E-state index contributed by atoms with van der Waals surface area (Å²) in [5, 5.41) is 12.9. The number of hydrogen-bond acceptors (Lipinski definition) is 4. The largest absolute Gasteiger partial charge is 0.436 e. The van der Waals surface area contributed by atoms with E-state index in [-0.39, 0.29) is 6.61 Å². The molecule has 2 aromatic rings. The van der Waals surface area contributed by atoms with Gasteiger partial charge in [-0.1, -0.05) is 0 Å². The number of pyridine rings is 1. The van der Waals surface area contributed by atoms with Crippen LogP contribution in [0.4, 0.5) is 0 Å². The summed E-state index contributed by atoms with van der Waals surface area (Å²) in [6.45, 7) is -0.0219. The number of rotatable bonds is 3. The predicted molar refractivity (Wildman–Crippen MR) is 53.4 cm³/mol. The summed E-state index contributed by atoms with van der Waals surface area (Å²) in [6.07, 6.45) is 4.94. The molecule has 0 atom stereocenters. The monoisotopic (exact) mass is 205 g/mol. The summed E-state index contributed by atoms with van der Waals surface area (Å²) in [5.41, 5.74) is 0.767. The maximum Gasteiger partial charge on any atom is 0.219 e. The third-order valence-corrected chi connectivity index (χ3v) is 1.89. The fourth-order valence-electron chi connectivity index (χ4n) is 1.18. The molecule has 5 nitrogen and oxygen atoms in total. The summed E-state index contributed by atoms with van der Waals surface area (Å²) in [6, 6.07) is 3.42. The van der Waals surface area contributed by atoms with Crippen LogP contribution in [-0.2, 0) is 13.7 Å². The van der Waals surface area contributed by atoms with E-state index in [1.165, 1.54) is 0 Å². The third-order valence-electron chi connectivity index (χ3n) is 1.89. The first kappa shape index (κ1) is 9.67. The molecule has 5 heteroatoms. The van der Waals surface area contributed by atoms with Crippen LogP contribution in [0.1, 0.15) is 5.56 Å². The molecule has 0 aliphatic carbocycles. The molecule has 0 aliphatic heterocycles. The van der Waals surface area contributed by atoms with Crippen molar-refractivity contribution < 1.29 is 9.84 Å². The molecule has 0 radical (unpaired) electrons. The number of nitrogens with zero attached hydrogens (tertiary/aromatic N) is 3. The van der Waals surface area contributed by atoms with Gasteiger partial charge in [-0.2, -0.15) is 5.10 Å². The number of aliphatic hydroxyl groups excluding tert-OH is 1. The first-order valence-electron chi connectivity index (χ1n) is 4.50. The van der Waals surface area contributed by atoms with Gasteiger partial charge in [0.15, 0.2) is 5.75 Å². The Morgan fingerprint density at radius 1 is 1.53 bits per heavy atom. The van der Waals surface area contributed by atoms with Crippen molar-refractivity contribution in [1.29, 1.82) is 0 Å². The second-order valence-corrected chi connectivity index (χ2v) is 3.11. The zero-order valence-corrected chi connectivity index (χ0v) is 8.29. The van der Waals surface area contributed by atoms with Crippen LogP contribution in [0.3, 0.4) is 0 Å². The fraction of sp³-hybridized carbons (Fsp3) is 0.200. The molecule has 78 valence electrons. The van der Waals surface area contributed by atoms with Crippen molar-refractivity contribution in [2.45, 2.75) is 6.61 Å². The first-order valence-corrected chi connectivity index (χ1v) is 4.50. The second-order valence-electron chi connectivity index (χ2n) is 3.11. The number of aromatic nitrogens is 3. The van der Waals surface area contributed by atoms with Crippen molar-refractivity contribution in [1.82, 2.24) is 14.8 Å². The molecule has 2 aromatic heterocycles. The molecule has 0 aromatic carbocycles. The van der Waals surface area contributed by atoms with E-state index in [2.05, 4.69) is 10.1 Å². The van der Waals surface area contributed by atoms with Crippen LogP contribution in [0.25, 0.3) is 0 Å². The molecule has 0 spiro atoms. The van der Waals surface area contributed by atoms with Gasteiger partial charge in [0, 0.05) is 19.3 Å². The Labute approximate surface area is 87.0 Å². The van der Waals surface area contributed by atoms with Crippen molar-refractivity contribution in [3.8, 4) is 11.6 Å². The van der Waals surface area contributed by atoms with Crippen LogP contribution in [-0.4, -0.2) is 19.9 Å². The van der Waals surface area contributed by atoms with Crippen molar-refractivity contribution in [2.24, 2.45) is 7.05 Å². The summed E-state index contributed by atoms with van der Waals surface area (Å²) < 4.78 is 7.08. The van der Waals surface area contributed by atoms with Crippen molar-refractivity contribution >= 4 is 0 Å². The summed E-state index contributed by atoms with van der Waals surface area (Å²) in [4.78, 5) is 4.02. The molecule has 0 amide bonds. The van der Waals surface area contributed by atoms with Crippen LogP contribution in [0.15, 0.2) is 30.7 Å². The highest BCUT2D eigenvalue weighted by molar-refractivity contribution is 5.25. The Balaban J connectivity index is 2.16. The van der Waals surface area contributed by atoms with E-state index >= 15 is 0 Å². The first-order chi connectivity index (χ1) is 7.28. The molecule has 0 saturated carbocycles. The molecule has 15 heavy (non-hydrogen) atoms. The van der Waals surface area contributed by atoms with Crippen LogP contribution in [0.2, 0.25) is 0 Å². The van der Waals surface area contributed by atoms with E-state index in [0.717, 1.165) is 5.56 Å². The van der Waals surface area contributed by atoms with Crippen molar-refractivity contribution in [3.63, 3.8) is 0 Å². The van der Waals surface area contributed by atoms with Crippen molar-refractivity contribution in [3.05, 3.63) is 36.3 Å². The molecule has 1 N–H and O–H groups in total. The number of ether oxygens (including phenoxy) is 1. The molecule has 2 heterocycles. The highest BCUT2D eigenvalue weighted by atomic mass is 16.5. The minimum absolute atomic E-state index is 0.0219. The van der Waals surface area contributed by atoms with E-state index in [4.69, 9.17) is 9.84 Å². The van der Waals surface area contributed by atoms with E-state index in [1.54, 1.807) is 35.4 Å². The second kappa shape index (κ2) is 4.10. The molecular formula is C10H11N3O2. The minimum atomic E-state index is -0.0219. The highest BCUT2D eigenvalue weighted by Crippen LogP contribution is 2.18. The van der Waals surface area contributed by atoms with Gasteiger partial charge in [0.2, 0.25) is 5.88 Å². The SMILES string of the molecule is Cn1cc(Oc2cc(CO)ccn2)cn1. The lowest BCUT2D eigenvalue weighted by molar-refractivity contribution is 0.281. The Kier molecular flexibility index (Phi) is 2.64. The molecular weight excluding hydrogens is 194 g/mol. The molecule has 0 fully saturated rings. The Hall–Kier alpha value is -1.88. The van der Waals surface area contributed by atoms with Crippen LogP contribution >= 0.6 is 0 Å². The number of hydrogen-bond donors (Lipinski definition) is 1. The molecule has 0 unspecified atom stereocenters. The maximum absolute atomic E-state index is 8.93. The van der Waals surface area contributed by atoms with Gasteiger partial charge in [0.05, 0.1) is 19.0 Å². The lowest BCUT2D eigenvalue weighted by Crippen LogP contribution is -1.89. The van der Waals surface area contributed by atoms with E-state index in [1.807, 2.05) is 7.05 Å². The quantitative estimate of drug-likeness (QED) is 0.815. The zero-order chi connectivity index (χ0) is 10.7. The Morgan fingerprint density at radius 2 is 2.40 bits per heavy atom. The van der Waals surface area contributed by atoms with Gasteiger partial charge in [-0.05, 0) is 11.6 Å². The van der Waals surface area contributed by atoms with E-state index in [9.17, 15) is 0 Å². The topological polar surface area (TPSA) is 60.2 Å². The van der Waals surface area contributed by atoms with Gasteiger partial charge in [-0.15, -0.1) is 0 Å². The summed E-state index contributed by atoms with van der Waals surface area (Å²) in [5.74, 6) is 1.08. The predicted octanol–water partition coefficient (Wildman–Crippen LogP) is 1.10. The maximum atomic E-state index is 8.93. The minimum Gasteiger partial charge on any atom is -0.436 e. The van der Waals surface area contributed by atoms with Gasteiger partial charge >= 0.3 is 0 Å². The zero-order valence-electron chi connectivity index (χ0n) is 8.29. The average molecular weight is 205 g/mol. The standard InChI is InChI=1S/C10H11N3O2/c1-13-6-9(5-12-13)15-10-4-8(7-14)2-3-11-10/h2-6,14H,7H2,1H3. The van der Waals surface area contributed by atoms with E-state index in [0.29, 0.717) is 11.6 Å². The summed E-state index contributed by atoms with van der Waals surface area (Å²) in [7, 11) is 1.81. The van der Waals surface area contributed by atoms with Crippen LogP contribution in [0.5, 0.6) is 11.6 Å². The molecule has 2 rings (SSSR count). The lowest BCUT2D eigenvalue weighted by atomic mass is 10.3. The normalized spacial score (nSPS) is 10.3. The molecule has 0 saturated heterocycles. The van der Waals surface area contributed by atoms with Gasteiger partial charge in [0.25, 0.3) is 0 Å². The smallest absolute Gasteiger partial charge is 0.219 e. The number of aryl methyl sites for hydroxylation is 1. The third kappa shape index (κ3) is 2.32. The van der Waals surface area contributed by atoms with Gasteiger partial charge in [-0.25, -0.2) is 4.98 Å². The highest BCUT2D eigenvalue weighted by Gasteiger charge is 2.01. The lowest BCUT2D eigenvalue weighted by Gasteiger charge is -2.02. The average Bonchev–Trinajstić information content (AvgIpc) is 2.64. The van der Waals surface area contributed by atoms with Gasteiger partial charge in [0.1, 0.15) is 0 Å². The van der Waals surface area contributed by atoms with E-state index < -0.39 is 0 Å². The van der Waals surface area contributed by atoms with Crippen molar-refractivity contribution in [2.75, 3.05) is 0 Å². The molecule has 0 aliphatic rings. The fourth-order valence-corrected chi connectivity index (χ4v) is 1.18. The van der Waals surface area contributed by atoms with Gasteiger partial charge in [-0.3, -0.25) is 4.68 Å². The Bertz CT molecular complexity index is 453. The molecule has 0 bridgehead atoms. The number of aliphatic hydroxyl groups is 1.